The molecule has 2 aromatic carbocycles. The van der Waals surface area contributed by atoms with E-state index in [-0.39, 0.29) is 18.4 Å². The molecule has 5 nitrogen and oxygen atoms in total. The highest BCUT2D eigenvalue weighted by atomic mass is 32.2. The van der Waals surface area contributed by atoms with Crippen LogP contribution in [0.2, 0.25) is 0 Å². The number of hydrogen-bond donors (Lipinski definition) is 1. The summed E-state index contributed by atoms with van der Waals surface area (Å²) in [5.74, 6) is -0.185. The molecule has 1 fully saturated rings. The molecule has 176 valence electrons. The number of thiocarbonyl (C=S) groups is 1. The maximum Gasteiger partial charge on any atom is 0.270 e. The zero-order chi connectivity index (χ0) is 24.4. The number of amides is 2. The van der Waals surface area contributed by atoms with Gasteiger partial charge in [-0.3, -0.25) is 14.5 Å². The van der Waals surface area contributed by atoms with Crippen LogP contribution < -0.4 is 10.2 Å². The minimum Gasteiger partial charge on any atom is -0.350 e. The van der Waals surface area contributed by atoms with Gasteiger partial charge in [0.1, 0.15) is 6.54 Å². The van der Waals surface area contributed by atoms with E-state index >= 15 is 0 Å². The summed E-state index contributed by atoms with van der Waals surface area (Å²) >= 11 is 8.45. The topological polar surface area (TPSA) is 54.3 Å². The van der Waals surface area contributed by atoms with Crippen LogP contribution in [0, 0.1) is 0 Å². The predicted octanol–water partition coefficient (Wildman–Crippen LogP) is 5.99. The van der Waals surface area contributed by atoms with E-state index in [1.165, 1.54) is 11.8 Å². The summed E-state index contributed by atoms with van der Waals surface area (Å²) in [6, 6.07) is 19.6. The van der Waals surface area contributed by atoms with Gasteiger partial charge in [-0.25, -0.2) is 0 Å². The molecule has 2 amide bonds. The summed E-state index contributed by atoms with van der Waals surface area (Å²) in [5, 5.41) is 6.02. The second kappa shape index (κ2) is 10.2. The van der Waals surface area contributed by atoms with Crippen LogP contribution in [0.25, 0.3) is 17.0 Å². The monoisotopic (exact) mass is 517 g/mol. The fourth-order valence-electron chi connectivity index (χ4n) is 4.21. The first-order chi connectivity index (χ1) is 17.0. The molecular weight excluding hydrogens is 495 g/mol. The molecule has 1 aliphatic heterocycles. The van der Waals surface area contributed by atoms with E-state index < -0.39 is 0 Å². The maximum atomic E-state index is 13.2. The number of carbonyl (C=O) groups excluding carboxylic acids is 2. The number of benzene rings is 2. The third kappa shape index (κ3) is 4.82. The zero-order valence-corrected chi connectivity index (χ0v) is 21.5. The van der Waals surface area contributed by atoms with Crippen molar-refractivity contribution in [1.82, 2.24) is 9.88 Å². The first kappa shape index (κ1) is 23.5. The van der Waals surface area contributed by atoms with Crippen LogP contribution in [-0.2, 0) is 29.1 Å². The zero-order valence-electron chi connectivity index (χ0n) is 19.1. The number of fused-ring (bicyclic) bond motifs is 1. The number of thiophene rings is 1. The van der Waals surface area contributed by atoms with Crippen molar-refractivity contribution in [2.24, 2.45) is 0 Å². The highest BCUT2D eigenvalue weighted by molar-refractivity contribution is 8.27. The predicted molar refractivity (Wildman–Crippen MR) is 150 cm³/mol. The van der Waals surface area contributed by atoms with Crippen molar-refractivity contribution in [1.29, 1.82) is 0 Å². The minimum atomic E-state index is -0.132. The number of para-hydroxylation sites is 2. The molecule has 3 heterocycles. The Morgan fingerprint density at radius 1 is 1.09 bits per heavy atom. The summed E-state index contributed by atoms with van der Waals surface area (Å²) < 4.78 is 2.50. The largest absolute Gasteiger partial charge is 0.350 e. The van der Waals surface area contributed by atoms with Gasteiger partial charge in [0.15, 0.2) is 4.32 Å². The van der Waals surface area contributed by atoms with E-state index in [0.29, 0.717) is 15.8 Å². The van der Waals surface area contributed by atoms with Gasteiger partial charge in [0.25, 0.3) is 5.91 Å². The van der Waals surface area contributed by atoms with Gasteiger partial charge in [-0.15, -0.1) is 11.3 Å². The lowest BCUT2D eigenvalue weighted by atomic mass is 10.1. The third-order valence-corrected chi connectivity index (χ3v) is 8.02. The molecule has 0 unspecified atom stereocenters. The van der Waals surface area contributed by atoms with Crippen LogP contribution in [0.3, 0.4) is 0 Å². The van der Waals surface area contributed by atoms with Crippen LogP contribution in [-0.4, -0.2) is 20.7 Å². The van der Waals surface area contributed by atoms with E-state index in [0.717, 1.165) is 39.0 Å². The molecule has 35 heavy (non-hydrogen) atoms. The Kier molecular flexibility index (Phi) is 6.86. The van der Waals surface area contributed by atoms with E-state index in [4.69, 9.17) is 12.2 Å². The summed E-state index contributed by atoms with van der Waals surface area (Å²) in [6.45, 7) is 2.83. The lowest BCUT2D eigenvalue weighted by Gasteiger charge is -2.13. The lowest BCUT2D eigenvalue weighted by molar-refractivity contribution is -0.121. The Morgan fingerprint density at radius 2 is 1.91 bits per heavy atom. The standard InChI is InChI=1S/C27H23N3O2S3/c1-2-18-8-6-12-22-19(14-23-26(32)30(27(33)35-23)20-9-4-3-5-10-20)16-29(25(18)22)17-24(31)28-15-21-11-7-13-34-21/h3-14,16H,2,15,17H2,1H3,(H,28,31)/b23-14-. The Hall–Kier alpha value is -3.20. The molecule has 2 aromatic heterocycles. The third-order valence-electron chi connectivity index (χ3n) is 5.84. The van der Waals surface area contributed by atoms with Crippen LogP contribution in [0.5, 0.6) is 0 Å². The summed E-state index contributed by atoms with van der Waals surface area (Å²) in [6.07, 6.45) is 4.70. The summed E-state index contributed by atoms with van der Waals surface area (Å²) in [7, 11) is 0. The number of nitrogens with zero attached hydrogens (tertiary/aromatic N) is 2. The first-order valence-corrected chi connectivity index (χ1v) is 13.4. The van der Waals surface area contributed by atoms with E-state index in [2.05, 4.69) is 18.3 Å². The number of aryl methyl sites for hydroxylation is 1. The van der Waals surface area contributed by atoms with Crippen molar-refractivity contribution in [2.45, 2.75) is 26.4 Å². The molecule has 8 heteroatoms. The Morgan fingerprint density at radius 3 is 2.66 bits per heavy atom. The van der Waals surface area contributed by atoms with Gasteiger partial charge in [-0.1, -0.05) is 73.4 Å². The number of hydrogen-bond acceptors (Lipinski definition) is 5. The van der Waals surface area contributed by atoms with Gasteiger partial charge in [0, 0.05) is 22.0 Å². The van der Waals surface area contributed by atoms with E-state index in [9.17, 15) is 9.59 Å². The molecule has 1 aliphatic rings. The molecule has 1 saturated heterocycles. The number of carbonyl (C=O) groups is 2. The van der Waals surface area contributed by atoms with Gasteiger partial charge < -0.3 is 9.88 Å². The smallest absolute Gasteiger partial charge is 0.270 e. The van der Waals surface area contributed by atoms with E-state index in [1.54, 1.807) is 16.2 Å². The highest BCUT2D eigenvalue weighted by Gasteiger charge is 2.33. The molecule has 0 spiro atoms. The average Bonchev–Trinajstić information content (AvgIpc) is 3.57. The fraction of sp³-hybridized carbons (Fsp3) is 0.148. The molecule has 0 saturated carbocycles. The van der Waals surface area contributed by atoms with Crippen molar-refractivity contribution in [3.05, 3.63) is 93.1 Å². The summed E-state index contributed by atoms with van der Waals surface area (Å²) in [4.78, 5) is 29.3. The number of rotatable bonds is 7. The van der Waals surface area contributed by atoms with Crippen molar-refractivity contribution in [2.75, 3.05) is 4.90 Å². The fourth-order valence-corrected chi connectivity index (χ4v) is 6.14. The van der Waals surface area contributed by atoms with Gasteiger partial charge in [-0.2, -0.15) is 0 Å². The molecule has 1 N–H and O–H groups in total. The van der Waals surface area contributed by atoms with Crippen molar-refractivity contribution < 1.29 is 9.59 Å². The quantitative estimate of drug-likeness (QED) is 0.242. The molecular formula is C27H23N3O2S3. The van der Waals surface area contributed by atoms with Crippen LogP contribution >= 0.6 is 35.3 Å². The molecule has 5 rings (SSSR count). The number of nitrogens with one attached hydrogen (secondary N) is 1. The second-order valence-corrected chi connectivity index (χ2v) is 10.8. The minimum absolute atomic E-state index is 0.0526. The van der Waals surface area contributed by atoms with Crippen LogP contribution in [0.4, 0.5) is 5.69 Å². The molecule has 0 radical (unpaired) electrons. The number of anilines is 1. The van der Waals surface area contributed by atoms with Crippen molar-refractivity contribution in [3.8, 4) is 0 Å². The summed E-state index contributed by atoms with van der Waals surface area (Å²) in [5.41, 5.74) is 3.84. The van der Waals surface area contributed by atoms with Crippen molar-refractivity contribution >= 4 is 74.1 Å². The first-order valence-electron chi connectivity index (χ1n) is 11.3. The average molecular weight is 518 g/mol. The molecule has 0 atom stereocenters. The Balaban J connectivity index is 1.47. The Bertz CT molecular complexity index is 1440. The SMILES string of the molecule is CCc1cccc2c(/C=C3\SC(=S)N(c4ccccc4)C3=O)cn(CC(=O)NCc3cccs3)c12. The normalized spacial score (nSPS) is 14.9. The lowest BCUT2D eigenvalue weighted by Crippen LogP contribution is -2.27. The molecule has 0 aliphatic carbocycles. The van der Waals surface area contributed by atoms with Crippen LogP contribution in [0.1, 0.15) is 22.9 Å². The second-order valence-electron chi connectivity index (χ2n) is 8.09. The van der Waals surface area contributed by atoms with Crippen molar-refractivity contribution in [3.63, 3.8) is 0 Å². The van der Waals surface area contributed by atoms with Gasteiger partial charge in [0.05, 0.1) is 22.7 Å². The number of aromatic nitrogens is 1. The molecule has 4 aromatic rings. The number of thioether (sulfide) groups is 1. The van der Waals surface area contributed by atoms with Gasteiger partial charge >= 0.3 is 0 Å². The Labute approximate surface area is 217 Å². The van der Waals surface area contributed by atoms with Gasteiger partial charge in [0.2, 0.25) is 5.91 Å². The molecule has 0 bridgehead atoms. The van der Waals surface area contributed by atoms with Gasteiger partial charge in [-0.05, 0) is 41.6 Å². The van der Waals surface area contributed by atoms with Crippen LogP contribution in [0.15, 0.2) is 77.1 Å². The van der Waals surface area contributed by atoms with E-state index in [1.807, 2.05) is 76.8 Å². The maximum absolute atomic E-state index is 13.2. The highest BCUT2D eigenvalue weighted by Crippen LogP contribution is 2.37.